The molecule has 1 N–H and O–H groups in total. The highest BCUT2D eigenvalue weighted by molar-refractivity contribution is 6.30. The lowest BCUT2D eigenvalue weighted by Gasteiger charge is -2.20. The Bertz CT molecular complexity index is 851. The zero-order chi connectivity index (χ0) is 18.4. The number of benzene rings is 2. The van der Waals surface area contributed by atoms with Crippen molar-refractivity contribution in [1.29, 1.82) is 0 Å². The summed E-state index contributed by atoms with van der Waals surface area (Å²) in [7, 11) is 0. The molecule has 0 saturated carbocycles. The average molecular weight is 367 g/mol. The first kappa shape index (κ1) is 17.9. The highest BCUT2D eigenvalue weighted by atomic mass is 35.5. The van der Waals surface area contributed by atoms with E-state index in [1.54, 1.807) is 29.4 Å². The summed E-state index contributed by atoms with van der Waals surface area (Å²) < 4.78 is 0. The molecular weight excluding hydrogens is 348 g/mol. The van der Waals surface area contributed by atoms with Crippen molar-refractivity contribution >= 4 is 29.1 Å². The molecule has 0 radical (unpaired) electrons. The van der Waals surface area contributed by atoms with Crippen molar-refractivity contribution in [2.24, 2.45) is 0 Å². The van der Waals surface area contributed by atoms with E-state index in [4.69, 9.17) is 11.6 Å². The van der Waals surface area contributed by atoms with Crippen LogP contribution in [0.5, 0.6) is 0 Å². The van der Waals surface area contributed by atoms with Gasteiger partial charge in [0.05, 0.1) is 5.56 Å². The lowest BCUT2D eigenvalue weighted by Crippen LogP contribution is -2.30. The van der Waals surface area contributed by atoms with Gasteiger partial charge in [0.2, 0.25) is 5.95 Å². The Hall–Kier alpha value is -2.92. The number of aromatic nitrogens is 2. The monoisotopic (exact) mass is 366 g/mol. The first-order valence-electron chi connectivity index (χ1n) is 8.33. The topological polar surface area (TPSA) is 58.1 Å². The molecule has 0 spiro atoms. The van der Waals surface area contributed by atoms with Gasteiger partial charge < -0.3 is 10.2 Å². The molecule has 1 amide bonds. The van der Waals surface area contributed by atoms with Crippen LogP contribution in [0.1, 0.15) is 22.8 Å². The van der Waals surface area contributed by atoms with Crippen molar-refractivity contribution < 1.29 is 4.79 Å². The average Bonchev–Trinajstić information content (AvgIpc) is 2.69. The molecule has 132 valence electrons. The van der Waals surface area contributed by atoms with Crippen LogP contribution in [0.25, 0.3) is 0 Å². The number of nitrogens with zero attached hydrogens (tertiary/aromatic N) is 3. The molecule has 0 atom stereocenters. The number of carbonyl (C=O) groups excluding carboxylic acids is 1. The number of rotatable bonds is 6. The second-order valence-electron chi connectivity index (χ2n) is 5.73. The number of hydrogen-bond acceptors (Lipinski definition) is 4. The smallest absolute Gasteiger partial charge is 0.257 e. The second-order valence-corrected chi connectivity index (χ2v) is 6.17. The van der Waals surface area contributed by atoms with E-state index in [9.17, 15) is 4.79 Å². The maximum Gasteiger partial charge on any atom is 0.257 e. The van der Waals surface area contributed by atoms with Gasteiger partial charge in [-0.2, -0.15) is 0 Å². The number of carbonyl (C=O) groups is 1. The molecule has 3 rings (SSSR count). The number of anilines is 2. The predicted octanol–water partition coefficient (Wildman–Crippen LogP) is 4.54. The van der Waals surface area contributed by atoms with Gasteiger partial charge in [0.25, 0.3) is 5.91 Å². The largest absolute Gasteiger partial charge is 0.335 e. The van der Waals surface area contributed by atoms with Crippen molar-refractivity contribution in [2.75, 3.05) is 11.9 Å². The van der Waals surface area contributed by atoms with Crippen molar-refractivity contribution in [3.8, 4) is 0 Å². The Morgan fingerprint density at radius 3 is 2.31 bits per heavy atom. The lowest BCUT2D eigenvalue weighted by atomic mass is 10.2. The highest BCUT2D eigenvalue weighted by Gasteiger charge is 2.15. The molecule has 0 saturated heterocycles. The summed E-state index contributed by atoms with van der Waals surface area (Å²) in [6, 6.07) is 17.1. The predicted molar refractivity (Wildman–Crippen MR) is 104 cm³/mol. The van der Waals surface area contributed by atoms with Crippen molar-refractivity contribution in [3.05, 3.63) is 83.1 Å². The molecule has 0 bridgehead atoms. The summed E-state index contributed by atoms with van der Waals surface area (Å²) in [5, 5.41) is 3.74. The Kier molecular flexibility index (Phi) is 5.81. The Morgan fingerprint density at radius 2 is 1.69 bits per heavy atom. The molecule has 26 heavy (non-hydrogen) atoms. The van der Waals surface area contributed by atoms with Crippen LogP contribution in [-0.2, 0) is 6.54 Å². The third-order valence-electron chi connectivity index (χ3n) is 3.88. The molecule has 6 heteroatoms. The van der Waals surface area contributed by atoms with Gasteiger partial charge in [-0.15, -0.1) is 0 Å². The van der Waals surface area contributed by atoms with Crippen molar-refractivity contribution in [2.45, 2.75) is 13.5 Å². The molecule has 2 aromatic carbocycles. The number of halogens is 1. The summed E-state index contributed by atoms with van der Waals surface area (Å²) in [5.74, 6) is 0.337. The zero-order valence-electron chi connectivity index (χ0n) is 14.4. The van der Waals surface area contributed by atoms with Crippen molar-refractivity contribution in [3.63, 3.8) is 0 Å². The van der Waals surface area contributed by atoms with Gasteiger partial charge in [-0.05, 0) is 36.8 Å². The molecule has 0 unspecified atom stereocenters. The van der Waals surface area contributed by atoms with E-state index in [1.807, 2.05) is 49.4 Å². The molecule has 0 aliphatic rings. The SMILES string of the molecule is CCN(Cc1ccccc1)C(=O)c1cnc(Nc2ccc(Cl)cc2)nc1. The first-order chi connectivity index (χ1) is 12.7. The summed E-state index contributed by atoms with van der Waals surface area (Å²) in [5.41, 5.74) is 2.38. The molecule has 5 nitrogen and oxygen atoms in total. The fourth-order valence-electron chi connectivity index (χ4n) is 2.48. The molecule has 0 aliphatic heterocycles. The van der Waals surface area contributed by atoms with Crippen LogP contribution in [0.15, 0.2) is 67.0 Å². The van der Waals surface area contributed by atoms with Gasteiger partial charge in [0.15, 0.2) is 0 Å². The summed E-state index contributed by atoms with van der Waals surface area (Å²) >= 11 is 5.87. The van der Waals surface area contributed by atoms with Crippen LogP contribution in [-0.4, -0.2) is 27.3 Å². The van der Waals surface area contributed by atoms with Gasteiger partial charge in [0, 0.05) is 36.2 Å². The minimum Gasteiger partial charge on any atom is -0.335 e. The second kappa shape index (κ2) is 8.45. The van der Waals surface area contributed by atoms with Gasteiger partial charge in [-0.1, -0.05) is 41.9 Å². The Morgan fingerprint density at radius 1 is 1.04 bits per heavy atom. The van der Waals surface area contributed by atoms with E-state index in [2.05, 4.69) is 15.3 Å². The third-order valence-corrected chi connectivity index (χ3v) is 4.14. The molecular formula is C20H19ClN4O. The van der Waals surface area contributed by atoms with Crippen LogP contribution in [0.4, 0.5) is 11.6 Å². The summed E-state index contributed by atoms with van der Waals surface area (Å²) in [6.07, 6.45) is 3.09. The Balaban J connectivity index is 1.68. The first-order valence-corrected chi connectivity index (χ1v) is 8.71. The fourth-order valence-corrected chi connectivity index (χ4v) is 2.60. The minimum atomic E-state index is -0.0885. The third kappa shape index (κ3) is 4.58. The van der Waals surface area contributed by atoms with Gasteiger partial charge in [-0.25, -0.2) is 9.97 Å². The number of nitrogens with one attached hydrogen (secondary N) is 1. The van der Waals surface area contributed by atoms with E-state index in [1.165, 1.54) is 0 Å². The van der Waals surface area contributed by atoms with Crippen LogP contribution < -0.4 is 5.32 Å². The molecule has 0 aliphatic carbocycles. The van der Waals surface area contributed by atoms with E-state index in [-0.39, 0.29) is 5.91 Å². The fraction of sp³-hybridized carbons (Fsp3) is 0.150. The zero-order valence-corrected chi connectivity index (χ0v) is 15.1. The standard InChI is InChI=1S/C20H19ClN4O/c1-2-25(14-15-6-4-3-5-7-15)19(26)16-12-22-20(23-13-16)24-18-10-8-17(21)9-11-18/h3-13H,2,14H2,1H3,(H,22,23,24). The summed E-state index contributed by atoms with van der Waals surface area (Å²) in [4.78, 5) is 22.9. The number of hydrogen-bond donors (Lipinski definition) is 1. The van der Waals surface area contributed by atoms with E-state index in [0.717, 1.165) is 11.3 Å². The van der Waals surface area contributed by atoms with Crippen LogP contribution >= 0.6 is 11.6 Å². The lowest BCUT2D eigenvalue weighted by molar-refractivity contribution is 0.0752. The maximum absolute atomic E-state index is 12.7. The van der Waals surface area contributed by atoms with Crippen LogP contribution in [0.3, 0.4) is 0 Å². The van der Waals surface area contributed by atoms with E-state index < -0.39 is 0 Å². The van der Waals surface area contributed by atoms with Gasteiger partial charge >= 0.3 is 0 Å². The van der Waals surface area contributed by atoms with Crippen molar-refractivity contribution in [1.82, 2.24) is 14.9 Å². The van der Waals surface area contributed by atoms with Gasteiger partial charge in [0.1, 0.15) is 0 Å². The van der Waals surface area contributed by atoms with E-state index in [0.29, 0.717) is 29.6 Å². The highest BCUT2D eigenvalue weighted by Crippen LogP contribution is 2.17. The normalized spacial score (nSPS) is 10.4. The maximum atomic E-state index is 12.7. The van der Waals surface area contributed by atoms with Gasteiger partial charge in [-0.3, -0.25) is 4.79 Å². The molecule has 1 aromatic heterocycles. The Labute approximate surface area is 157 Å². The molecule has 1 heterocycles. The van der Waals surface area contributed by atoms with Crippen LogP contribution in [0.2, 0.25) is 5.02 Å². The number of amides is 1. The molecule has 3 aromatic rings. The minimum absolute atomic E-state index is 0.0885. The van der Waals surface area contributed by atoms with Crippen LogP contribution in [0, 0.1) is 0 Å². The molecule has 0 fully saturated rings. The van der Waals surface area contributed by atoms with E-state index >= 15 is 0 Å². The summed E-state index contributed by atoms with van der Waals surface area (Å²) in [6.45, 7) is 3.12. The quantitative estimate of drug-likeness (QED) is 0.696.